The lowest BCUT2D eigenvalue weighted by molar-refractivity contribution is -0.132. The van der Waals surface area contributed by atoms with Crippen molar-refractivity contribution >= 4 is 5.91 Å². The summed E-state index contributed by atoms with van der Waals surface area (Å²) < 4.78 is 5.63. The largest absolute Gasteiger partial charge is 0.469 e. The van der Waals surface area contributed by atoms with Crippen LogP contribution >= 0.6 is 0 Å². The average Bonchev–Trinajstić information content (AvgIpc) is 3.09. The van der Waals surface area contributed by atoms with Crippen LogP contribution in [0.1, 0.15) is 30.7 Å². The quantitative estimate of drug-likeness (QED) is 0.851. The molecule has 0 saturated carbocycles. The van der Waals surface area contributed by atoms with Gasteiger partial charge in [-0.15, -0.1) is 0 Å². The highest BCUT2D eigenvalue weighted by Gasteiger charge is 2.52. The molecule has 1 aliphatic carbocycles. The molecule has 1 fully saturated rings. The number of nitrogens with zero attached hydrogens (tertiary/aromatic N) is 1. The van der Waals surface area contributed by atoms with Crippen molar-refractivity contribution in [2.24, 2.45) is 11.8 Å². The van der Waals surface area contributed by atoms with Crippen LogP contribution in [-0.4, -0.2) is 17.4 Å². The maximum Gasteiger partial charge on any atom is 0.226 e. The second-order valence-corrected chi connectivity index (χ2v) is 7.10. The summed E-state index contributed by atoms with van der Waals surface area (Å²) in [6.07, 6.45) is 2.51. The van der Waals surface area contributed by atoms with Crippen molar-refractivity contribution in [3.8, 4) is 0 Å². The third-order valence-corrected chi connectivity index (χ3v) is 5.52. The Morgan fingerprint density at radius 2 is 2.00 bits per heavy atom. The van der Waals surface area contributed by atoms with Gasteiger partial charge in [-0.1, -0.05) is 44.2 Å². The fraction of sp³-hybridized carbons (Fsp3) is 0.421. The van der Waals surface area contributed by atoms with E-state index in [0.29, 0.717) is 12.5 Å². The summed E-state index contributed by atoms with van der Waals surface area (Å²) in [5, 5.41) is 0. The summed E-state index contributed by atoms with van der Waals surface area (Å²) >= 11 is 0. The van der Waals surface area contributed by atoms with Gasteiger partial charge in [-0.05, 0) is 28.5 Å². The van der Waals surface area contributed by atoms with Gasteiger partial charge in [0.2, 0.25) is 5.91 Å². The zero-order valence-corrected chi connectivity index (χ0v) is 13.1. The Morgan fingerprint density at radius 3 is 2.77 bits per heavy atom. The number of benzene rings is 1. The van der Waals surface area contributed by atoms with Crippen LogP contribution < -0.4 is 0 Å². The monoisotopic (exact) mass is 295 g/mol. The van der Waals surface area contributed by atoms with Gasteiger partial charge in [-0.3, -0.25) is 4.79 Å². The Labute approximate surface area is 130 Å². The molecule has 0 N–H and O–H groups in total. The third kappa shape index (κ3) is 1.92. The number of fused-ring (bicyclic) bond motifs is 2. The first-order valence-corrected chi connectivity index (χ1v) is 7.97. The van der Waals surface area contributed by atoms with Gasteiger partial charge in [0, 0.05) is 19.5 Å². The van der Waals surface area contributed by atoms with Gasteiger partial charge in [-0.2, -0.15) is 0 Å². The zero-order valence-electron chi connectivity index (χ0n) is 13.1. The predicted molar refractivity (Wildman–Crippen MR) is 84.3 cm³/mol. The predicted octanol–water partition coefficient (Wildman–Crippen LogP) is 3.39. The van der Waals surface area contributed by atoms with Crippen LogP contribution in [0.4, 0.5) is 0 Å². The molecule has 0 radical (unpaired) electrons. The molecule has 0 spiro atoms. The molecule has 1 aliphatic heterocycles. The first-order chi connectivity index (χ1) is 10.6. The molecular weight excluding hydrogens is 274 g/mol. The van der Waals surface area contributed by atoms with E-state index in [0.717, 1.165) is 18.7 Å². The molecule has 4 rings (SSSR count). The van der Waals surface area contributed by atoms with E-state index in [2.05, 4.69) is 32.0 Å². The first-order valence-electron chi connectivity index (χ1n) is 7.97. The van der Waals surface area contributed by atoms with Crippen LogP contribution in [0.15, 0.2) is 47.1 Å². The Hall–Kier alpha value is -2.03. The smallest absolute Gasteiger partial charge is 0.226 e. The maximum absolute atomic E-state index is 12.8. The van der Waals surface area contributed by atoms with Crippen molar-refractivity contribution in [1.29, 1.82) is 0 Å². The Kier molecular flexibility index (Phi) is 2.93. The highest BCUT2D eigenvalue weighted by atomic mass is 16.3. The molecule has 2 aliphatic rings. The SMILES string of the molecule is CC1(C)c2ccoc2C[C@@H]2C(=O)N(Cc3ccccc3)C[C@H]21. The zero-order chi connectivity index (χ0) is 15.3. The highest BCUT2D eigenvalue weighted by molar-refractivity contribution is 5.82. The number of hydrogen-bond acceptors (Lipinski definition) is 2. The van der Waals surface area contributed by atoms with Crippen LogP contribution in [0.2, 0.25) is 0 Å². The fourth-order valence-electron chi connectivity index (χ4n) is 4.24. The minimum absolute atomic E-state index is 0.00759. The number of furan rings is 1. The van der Waals surface area contributed by atoms with Crippen LogP contribution in [0.25, 0.3) is 0 Å². The third-order valence-electron chi connectivity index (χ3n) is 5.52. The lowest BCUT2D eigenvalue weighted by atomic mass is 9.64. The van der Waals surface area contributed by atoms with Gasteiger partial charge in [0.25, 0.3) is 0 Å². The average molecular weight is 295 g/mol. The molecule has 0 unspecified atom stereocenters. The molecule has 0 bridgehead atoms. The molecule has 3 nitrogen and oxygen atoms in total. The summed E-state index contributed by atoms with van der Waals surface area (Å²) in [4.78, 5) is 14.9. The maximum atomic E-state index is 12.8. The van der Waals surface area contributed by atoms with Gasteiger partial charge >= 0.3 is 0 Å². The van der Waals surface area contributed by atoms with Crippen molar-refractivity contribution in [1.82, 2.24) is 4.90 Å². The first kappa shape index (κ1) is 13.6. The van der Waals surface area contributed by atoms with E-state index in [1.54, 1.807) is 6.26 Å². The van der Waals surface area contributed by atoms with E-state index in [-0.39, 0.29) is 17.2 Å². The number of amides is 1. The number of carbonyl (C=O) groups is 1. The minimum atomic E-state index is -0.00759. The number of hydrogen-bond donors (Lipinski definition) is 0. The van der Waals surface area contributed by atoms with E-state index < -0.39 is 0 Å². The van der Waals surface area contributed by atoms with Gasteiger partial charge in [0.15, 0.2) is 0 Å². The molecule has 114 valence electrons. The van der Waals surface area contributed by atoms with Crippen molar-refractivity contribution in [2.75, 3.05) is 6.54 Å². The van der Waals surface area contributed by atoms with Crippen molar-refractivity contribution in [3.05, 3.63) is 59.5 Å². The van der Waals surface area contributed by atoms with E-state index in [1.165, 1.54) is 11.1 Å². The van der Waals surface area contributed by atoms with Gasteiger partial charge in [0.05, 0.1) is 12.2 Å². The fourth-order valence-corrected chi connectivity index (χ4v) is 4.24. The lowest BCUT2D eigenvalue weighted by Gasteiger charge is -2.38. The van der Waals surface area contributed by atoms with E-state index in [1.807, 2.05) is 23.1 Å². The van der Waals surface area contributed by atoms with Crippen molar-refractivity contribution in [3.63, 3.8) is 0 Å². The van der Waals surface area contributed by atoms with E-state index in [4.69, 9.17) is 4.42 Å². The highest BCUT2D eigenvalue weighted by Crippen LogP contribution is 2.48. The number of rotatable bonds is 2. The van der Waals surface area contributed by atoms with Gasteiger partial charge < -0.3 is 9.32 Å². The van der Waals surface area contributed by atoms with E-state index in [9.17, 15) is 4.79 Å². The second-order valence-electron chi connectivity index (χ2n) is 7.10. The molecule has 1 aromatic heterocycles. The van der Waals surface area contributed by atoms with Crippen molar-refractivity contribution in [2.45, 2.75) is 32.2 Å². The van der Waals surface area contributed by atoms with Crippen LogP contribution in [0.5, 0.6) is 0 Å². The normalized spacial score (nSPS) is 25.9. The van der Waals surface area contributed by atoms with Gasteiger partial charge in [-0.25, -0.2) is 0 Å². The summed E-state index contributed by atoms with van der Waals surface area (Å²) in [5.74, 6) is 1.72. The van der Waals surface area contributed by atoms with E-state index >= 15 is 0 Å². The molecular formula is C19H21NO2. The molecule has 2 heterocycles. The van der Waals surface area contributed by atoms with Crippen LogP contribution in [0.3, 0.4) is 0 Å². The topological polar surface area (TPSA) is 33.5 Å². The van der Waals surface area contributed by atoms with Gasteiger partial charge in [0.1, 0.15) is 5.76 Å². The number of likely N-dealkylation sites (tertiary alicyclic amines) is 1. The molecule has 1 saturated heterocycles. The minimum Gasteiger partial charge on any atom is -0.469 e. The number of carbonyl (C=O) groups excluding carboxylic acids is 1. The molecule has 1 amide bonds. The standard InChI is InChI=1S/C19H21NO2/c1-19(2)15-8-9-22-17(15)10-14-16(19)12-20(18(14)21)11-13-6-4-3-5-7-13/h3-9,14,16H,10-12H2,1-2H3/t14-,16+/m0/s1. The molecule has 3 heteroatoms. The molecule has 22 heavy (non-hydrogen) atoms. The Morgan fingerprint density at radius 1 is 1.23 bits per heavy atom. The molecule has 2 aromatic rings. The van der Waals surface area contributed by atoms with Crippen LogP contribution in [-0.2, 0) is 23.2 Å². The summed E-state index contributed by atoms with van der Waals surface area (Å²) in [7, 11) is 0. The van der Waals surface area contributed by atoms with Crippen molar-refractivity contribution < 1.29 is 9.21 Å². The Balaban J connectivity index is 1.62. The van der Waals surface area contributed by atoms with Crippen LogP contribution in [0, 0.1) is 11.8 Å². The summed E-state index contributed by atoms with van der Waals surface area (Å²) in [6.45, 7) is 6.05. The Bertz CT molecular complexity index is 701. The summed E-state index contributed by atoms with van der Waals surface area (Å²) in [5.41, 5.74) is 2.47. The summed E-state index contributed by atoms with van der Waals surface area (Å²) in [6, 6.07) is 12.3. The lowest BCUT2D eigenvalue weighted by Crippen LogP contribution is -2.39. The second kappa shape index (κ2) is 4.73. The molecule has 1 aromatic carbocycles. The molecule has 2 atom stereocenters.